The van der Waals surface area contributed by atoms with Gasteiger partial charge in [0.2, 0.25) is 0 Å². The van der Waals surface area contributed by atoms with E-state index in [-0.39, 0.29) is 25.0 Å². The molecule has 12 heteroatoms. The second kappa shape index (κ2) is 19.3. The van der Waals surface area contributed by atoms with E-state index < -0.39 is 22.2 Å². The number of cyclic esters (lactones) is 2. The predicted molar refractivity (Wildman–Crippen MR) is 174 cm³/mol. The lowest BCUT2D eigenvalue weighted by Gasteiger charge is -2.12. The Hall–Kier alpha value is -5.19. The van der Waals surface area contributed by atoms with Gasteiger partial charge in [0.15, 0.2) is 10.1 Å². The lowest BCUT2D eigenvalue weighted by atomic mass is 9.96. The van der Waals surface area contributed by atoms with Gasteiger partial charge in [0.1, 0.15) is 0 Å². The number of nitriles is 2. The third-order valence-electron chi connectivity index (χ3n) is 5.93. The molecule has 0 amide bonds. The quantitative estimate of drug-likeness (QED) is 0.0769. The van der Waals surface area contributed by atoms with Gasteiger partial charge in [-0.3, -0.25) is 14.4 Å². The predicted octanol–water partition coefficient (Wildman–Crippen LogP) is 6.66. The van der Waals surface area contributed by atoms with E-state index in [1.807, 2.05) is 12.1 Å². The van der Waals surface area contributed by atoms with E-state index in [0.29, 0.717) is 33.5 Å². The lowest BCUT2D eigenvalue weighted by molar-refractivity contribution is -0.138. The standard InChI is InChI=1S/C17H13NO3.C9H6O3.C7H6N2.CHCl3/c18-11-13-7-5-12(6-8-13)9-16(19)15-4-2-1-3-14(15)10-17(20)21;10-8-5-6-3-1-2-4-7(6)9(11)12-8;8-5-6-1-3-7(9)4-2-6;2-1(3)4/h1-8H,9-10H2,(H,20,21);1-4H,5H2;1-4H,9H2;1H. The van der Waals surface area contributed by atoms with E-state index in [2.05, 4.69) is 4.74 Å². The highest BCUT2D eigenvalue weighted by molar-refractivity contribution is 6.63. The zero-order valence-corrected chi connectivity index (χ0v) is 26.3. The Morgan fingerprint density at radius 1 is 0.804 bits per heavy atom. The van der Waals surface area contributed by atoms with Crippen molar-refractivity contribution in [2.75, 3.05) is 5.73 Å². The molecule has 1 heterocycles. The number of nitrogen functional groups attached to an aromatic ring is 1. The third-order valence-corrected chi connectivity index (χ3v) is 5.93. The van der Waals surface area contributed by atoms with E-state index in [1.54, 1.807) is 97.1 Å². The molecule has 0 unspecified atom stereocenters. The van der Waals surface area contributed by atoms with Crippen molar-refractivity contribution in [1.29, 1.82) is 10.5 Å². The van der Waals surface area contributed by atoms with Crippen molar-refractivity contribution in [3.05, 3.63) is 136 Å². The number of carboxylic acid groups (broad SMARTS) is 1. The first-order chi connectivity index (χ1) is 21.9. The van der Waals surface area contributed by atoms with Gasteiger partial charge in [-0.1, -0.05) is 89.4 Å². The van der Waals surface area contributed by atoms with Gasteiger partial charge < -0.3 is 15.6 Å². The van der Waals surface area contributed by atoms with Crippen molar-refractivity contribution in [1.82, 2.24) is 0 Å². The van der Waals surface area contributed by atoms with E-state index in [9.17, 15) is 19.2 Å². The molecule has 0 aromatic heterocycles. The maximum Gasteiger partial charge on any atom is 0.346 e. The van der Waals surface area contributed by atoms with Gasteiger partial charge in [0, 0.05) is 17.7 Å². The zero-order valence-electron chi connectivity index (χ0n) is 24.0. The summed E-state index contributed by atoms with van der Waals surface area (Å²) in [4.78, 5) is 45.0. The highest BCUT2D eigenvalue weighted by atomic mass is 35.6. The van der Waals surface area contributed by atoms with Crippen LogP contribution in [0.2, 0.25) is 0 Å². The van der Waals surface area contributed by atoms with Crippen LogP contribution >= 0.6 is 34.8 Å². The maximum atomic E-state index is 12.3. The Morgan fingerprint density at radius 2 is 1.33 bits per heavy atom. The summed E-state index contributed by atoms with van der Waals surface area (Å²) in [5.74, 6) is -2.11. The highest BCUT2D eigenvalue weighted by Crippen LogP contribution is 2.17. The summed E-state index contributed by atoms with van der Waals surface area (Å²) in [5.41, 5.74) is 10.2. The minimum Gasteiger partial charge on any atom is -0.481 e. The van der Waals surface area contributed by atoms with Crippen molar-refractivity contribution in [2.45, 2.75) is 23.6 Å². The lowest BCUT2D eigenvalue weighted by Crippen LogP contribution is -2.22. The molecule has 0 fully saturated rings. The largest absolute Gasteiger partial charge is 0.481 e. The molecule has 0 saturated heterocycles. The molecule has 1 aliphatic rings. The van der Waals surface area contributed by atoms with Gasteiger partial charge in [-0.25, -0.2) is 4.79 Å². The second-order valence-electron chi connectivity index (χ2n) is 9.21. The number of fused-ring (bicyclic) bond motifs is 1. The van der Waals surface area contributed by atoms with Crippen LogP contribution in [-0.4, -0.2) is 33.1 Å². The molecule has 4 aromatic carbocycles. The average molecular weight is 679 g/mol. The third kappa shape index (κ3) is 13.2. The molecule has 46 heavy (non-hydrogen) atoms. The van der Waals surface area contributed by atoms with Crippen molar-refractivity contribution in [3.8, 4) is 12.1 Å². The number of halogens is 3. The summed E-state index contributed by atoms with van der Waals surface area (Å²) in [5, 5.41) is 26.0. The monoisotopic (exact) mass is 677 g/mol. The van der Waals surface area contributed by atoms with Crippen LogP contribution in [0.1, 0.15) is 48.5 Å². The van der Waals surface area contributed by atoms with E-state index in [4.69, 9.17) is 56.2 Å². The number of aliphatic carboxylic acids is 1. The number of alkyl halides is 3. The van der Waals surface area contributed by atoms with Gasteiger partial charge in [0.25, 0.3) is 0 Å². The molecule has 0 bridgehead atoms. The number of carbonyl (C=O) groups is 4. The fraction of sp³-hybridized carbons (Fsp3) is 0.118. The van der Waals surface area contributed by atoms with Crippen molar-refractivity contribution in [2.24, 2.45) is 0 Å². The first kappa shape index (κ1) is 37.0. The van der Waals surface area contributed by atoms with Crippen LogP contribution in [0, 0.1) is 22.7 Å². The van der Waals surface area contributed by atoms with Crippen molar-refractivity contribution in [3.63, 3.8) is 0 Å². The Morgan fingerprint density at radius 3 is 1.89 bits per heavy atom. The summed E-state index contributed by atoms with van der Waals surface area (Å²) in [6.07, 6.45) is 0.208. The molecule has 1 aliphatic heterocycles. The van der Waals surface area contributed by atoms with Crippen molar-refractivity contribution >= 4 is 64.2 Å². The molecule has 4 aromatic rings. The maximum absolute atomic E-state index is 12.3. The minimum absolute atomic E-state index is 0.128. The number of nitrogens with two attached hydrogens (primary N) is 1. The molecule has 0 saturated carbocycles. The van der Waals surface area contributed by atoms with Crippen LogP contribution in [0.25, 0.3) is 0 Å². The van der Waals surface area contributed by atoms with Gasteiger partial charge in [-0.15, -0.1) is 0 Å². The SMILES string of the molecule is ClC(Cl)Cl.N#Cc1ccc(CC(=O)c2ccccc2CC(=O)O)cc1.N#Cc1ccc(N)cc1.O=C1Cc2ccccc2C(=O)O1. The number of ether oxygens (including phenoxy) is 1. The number of rotatable bonds is 5. The number of ketones is 1. The van der Waals surface area contributed by atoms with Crippen LogP contribution in [0.15, 0.2) is 97.1 Å². The topological polar surface area (TPSA) is 171 Å². The number of nitrogens with zero attached hydrogens (tertiary/aromatic N) is 2. The number of carbonyl (C=O) groups excluding carboxylic acids is 3. The number of esters is 2. The zero-order chi connectivity index (χ0) is 34.1. The first-order valence-corrected chi connectivity index (χ1v) is 14.6. The molecule has 234 valence electrons. The molecule has 0 aliphatic carbocycles. The molecular weight excluding hydrogens is 653 g/mol. The van der Waals surface area contributed by atoms with Gasteiger partial charge in [-0.2, -0.15) is 10.5 Å². The van der Waals surface area contributed by atoms with Crippen LogP contribution < -0.4 is 5.73 Å². The smallest absolute Gasteiger partial charge is 0.346 e. The molecule has 0 spiro atoms. The van der Waals surface area contributed by atoms with E-state index >= 15 is 0 Å². The summed E-state index contributed by atoms with van der Waals surface area (Å²) in [6.45, 7) is 0. The van der Waals surface area contributed by atoms with Gasteiger partial charge >= 0.3 is 17.9 Å². The number of hydrogen-bond acceptors (Lipinski definition) is 8. The van der Waals surface area contributed by atoms with Gasteiger partial charge in [-0.05, 0) is 59.2 Å². The number of anilines is 1. The Kier molecular flexibility index (Phi) is 15.5. The minimum atomic E-state index is -0.964. The Labute approximate surface area is 280 Å². The second-order valence-corrected chi connectivity index (χ2v) is 11.2. The molecular formula is C34H26Cl3N3O6. The van der Waals surface area contributed by atoms with Crippen LogP contribution in [0.5, 0.6) is 0 Å². The summed E-state index contributed by atoms with van der Waals surface area (Å²) in [6, 6.07) is 31.3. The molecule has 0 atom stereocenters. The van der Waals surface area contributed by atoms with Crippen molar-refractivity contribution < 1.29 is 29.0 Å². The number of Topliss-reactive ketones (excluding diaryl/α,β-unsaturated/α-hetero) is 1. The molecule has 5 rings (SSSR count). The first-order valence-electron chi connectivity index (χ1n) is 13.3. The summed E-state index contributed by atoms with van der Waals surface area (Å²) >= 11 is 14.4. The Bertz CT molecular complexity index is 1740. The summed E-state index contributed by atoms with van der Waals surface area (Å²) in [7, 11) is 0. The summed E-state index contributed by atoms with van der Waals surface area (Å²) < 4.78 is 3.68. The fourth-order valence-corrected chi connectivity index (χ4v) is 3.87. The average Bonchev–Trinajstić information content (AvgIpc) is 3.02. The van der Waals surface area contributed by atoms with Crippen LogP contribution in [0.3, 0.4) is 0 Å². The van der Waals surface area contributed by atoms with E-state index in [0.717, 1.165) is 11.1 Å². The highest BCUT2D eigenvalue weighted by Gasteiger charge is 2.23. The van der Waals surface area contributed by atoms with Gasteiger partial charge in [0.05, 0.1) is 41.7 Å². The molecule has 3 N–H and O–H groups in total. The normalized spacial score (nSPS) is 10.9. The molecule has 9 nitrogen and oxygen atoms in total. The number of benzene rings is 4. The molecule has 0 radical (unpaired) electrons. The number of hydrogen-bond donors (Lipinski definition) is 2. The van der Waals surface area contributed by atoms with Crippen LogP contribution in [0.4, 0.5) is 5.69 Å². The van der Waals surface area contributed by atoms with E-state index in [1.165, 1.54) is 0 Å². The van der Waals surface area contributed by atoms with Crippen LogP contribution in [-0.2, 0) is 33.6 Å². The fourth-order valence-electron chi connectivity index (χ4n) is 3.87. The number of carboxylic acids is 1. The Balaban J connectivity index is 0.000000247.